The minimum absolute atomic E-state index is 0.0525. The molecule has 0 aliphatic heterocycles. The molecule has 2 nitrogen and oxygen atoms in total. The van der Waals surface area contributed by atoms with Crippen LogP contribution in [0.15, 0.2) is 4.42 Å². The van der Waals surface area contributed by atoms with Gasteiger partial charge in [-0.15, -0.1) is 0 Å². The fourth-order valence-corrected chi connectivity index (χ4v) is 0.851. The SMILES string of the molecule is Cc1nc(C)c([B-](F)(F)F)o1. The molecule has 0 saturated carbocycles. The van der Waals surface area contributed by atoms with Gasteiger partial charge in [0, 0.05) is 12.6 Å². The van der Waals surface area contributed by atoms with Gasteiger partial charge in [0.1, 0.15) is 0 Å². The maximum atomic E-state index is 12.0. The molecule has 0 amide bonds. The minimum Gasteiger partial charge on any atom is -0.478 e. The maximum Gasteiger partial charge on any atom is 0.546 e. The fourth-order valence-electron chi connectivity index (χ4n) is 0.851. The first-order valence-electron chi connectivity index (χ1n) is 3.05. The molecule has 1 rings (SSSR count). The Morgan fingerprint density at radius 3 is 2.00 bits per heavy atom. The van der Waals surface area contributed by atoms with E-state index in [2.05, 4.69) is 9.40 Å². The molecule has 0 radical (unpaired) electrons. The van der Waals surface area contributed by atoms with Gasteiger partial charge in [0.25, 0.3) is 0 Å². The quantitative estimate of drug-likeness (QED) is 0.585. The third kappa shape index (κ3) is 1.55. The van der Waals surface area contributed by atoms with Crippen molar-refractivity contribution in [2.75, 3.05) is 0 Å². The third-order valence-electron chi connectivity index (χ3n) is 1.24. The molecule has 6 heteroatoms. The van der Waals surface area contributed by atoms with Crippen LogP contribution in [-0.4, -0.2) is 12.0 Å². The average Bonchev–Trinajstić information content (AvgIpc) is 2.08. The van der Waals surface area contributed by atoms with E-state index in [1.807, 2.05) is 0 Å². The molecule has 0 atom stereocenters. The largest absolute Gasteiger partial charge is 0.546 e. The molecule has 0 aliphatic rings. The number of oxazole rings is 1. The van der Waals surface area contributed by atoms with Gasteiger partial charge in [-0.3, -0.25) is 0 Å². The van der Waals surface area contributed by atoms with Crippen LogP contribution in [-0.2, 0) is 0 Å². The Bertz CT molecular complexity index is 267. The zero-order valence-corrected chi connectivity index (χ0v) is 6.07. The topological polar surface area (TPSA) is 26.0 Å². The summed E-state index contributed by atoms with van der Waals surface area (Å²) in [5.74, 6) is 0.0525. The highest BCUT2D eigenvalue weighted by Crippen LogP contribution is 2.11. The number of halogens is 3. The summed E-state index contributed by atoms with van der Waals surface area (Å²) in [7, 11) is 0. The first-order valence-corrected chi connectivity index (χ1v) is 3.05. The second kappa shape index (κ2) is 2.28. The van der Waals surface area contributed by atoms with Gasteiger partial charge in [0.15, 0.2) is 5.89 Å². The number of aryl methyl sites for hydroxylation is 2. The number of hydrogen-bond donors (Lipinski definition) is 0. The van der Waals surface area contributed by atoms with E-state index in [-0.39, 0.29) is 11.6 Å². The Balaban J connectivity index is 3.13. The molecule has 0 bridgehead atoms. The van der Waals surface area contributed by atoms with Crippen molar-refractivity contribution in [3.63, 3.8) is 0 Å². The smallest absolute Gasteiger partial charge is 0.478 e. The van der Waals surface area contributed by atoms with Crippen molar-refractivity contribution in [1.82, 2.24) is 4.98 Å². The predicted octanol–water partition coefficient (Wildman–Crippen LogP) is 1.35. The number of rotatable bonds is 1. The van der Waals surface area contributed by atoms with E-state index in [0.29, 0.717) is 0 Å². The highest BCUT2D eigenvalue weighted by atomic mass is 19.4. The molecule has 1 aromatic heterocycles. The summed E-state index contributed by atoms with van der Waals surface area (Å²) in [5.41, 5.74) is -1.03. The third-order valence-corrected chi connectivity index (χ3v) is 1.24. The van der Waals surface area contributed by atoms with Crippen molar-refractivity contribution in [2.24, 2.45) is 0 Å². The lowest BCUT2D eigenvalue weighted by molar-refractivity contribution is 0.455. The van der Waals surface area contributed by atoms with Gasteiger partial charge in [-0.2, -0.15) is 0 Å². The van der Waals surface area contributed by atoms with E-state index in [0.717, 1.165) is 0 Å². The highest BCUT2D eigenvalue weighted by Gasteiger charge is 2.32. The Morgan fingerprint density at radius 1 is 1.27 bits per heavy atom. The van der Waals surface area contributed by atoms with Crippen LogP contribution in [0.25, 0.3) is 0 Å². The van der Waals surface area contributed by atoms with Gasteiger partial charge in [-0.25, -0.2) is 4.98 Å². The molecule has 0 aromatic carbocycles. The van der Waals surface area contributed by atoms with E-state index in [1.54, 1.807) is 0 Å². The van der Waals surface area contributed by atoms with Gasteiger partial charge >= 0.3 is 6.98 Å². The van der Waals surface area contributed by atoms with E-state index in [9.17, 15) is 12.9 Å². The number of aromatic nitrogens is 1. The predicted molar refractivity (Wildman–Crippen MR) is 34.7 cm³/mol. The zero-order valence-electron chi connectivity index (χ0n) is 6.07. The molecule has 11 heavy (non-hydrogen) atoms. The molecule has 0 spiro atoms. The average molecular weight is 164 g/mol. The molecular weight excluding hydrogens is 158 g/mol. The first-order chi connectivity index (χ1) is 4.91. The van der Waals surface area contributed by atoms with Crippen LogP contribution in [0.1, 0.15) is 11.6 Å². The number of hydrogen-bond acceptors (Lipinski definition) is 2. The van der Waals surface area contributed by atoms with Crippen LogP contribution in [0.5, 0.6) is 0 Å². The highest BCUT2D eigenvalue weighted by molar-refractivity contribution is 6.72. The summed E-state index contributed by atoms with van der Waals surface area (Å²) < 4.78 is 40.3. The van der Waals surface area contributed by atoms with Crippen LogP contribution >= 0.6 is 0 Å². The van der Waals surface area contributed by atoms with E-state index < -0.39 is 12.6 Å². The van der Waals surface area contributed by atoms with Gasteiger partial charge in [0.2, 0.25) is 0 Å². The van der Waals surface area contributed by atoms with E-state index in [1.165, 1.54) is 13.8 Å². The molecule has 0 N–H and O–H groups in total. The van der Waals surface area contributed by atoms with E-state index >= 15 is 0 Å². The Kier molecular flexibility index (Phi) is 1.70. The van der Waals surface area contributed by atoms with Crippen LogP contribution in [0.4, 0.5) is 12.9 Å². The lowest BCUT2D eigenvalue weighted by atomic mass is 9.86. The summed E-state index contributed by atoms with van der Waals surface area (Å²) in [4.78, 5) is 3.51. The summed E-state index contributed by atoms with van der Waals surface area (Å²) in [6.07, 6.45) is 0. The van der Waals surface area contributed by atoms with Crippen LogP contribution in [0, 0.1) is 13.8 Å². The summed E-state index contributed by atoms with van der Waals surface area (Å²) in [5, 5.41) is 0. The fraction of sp³-hybridized carbons (Fsp3) is 0.400. The summed E-state index contributed by atoms with van der Waals surface area (Å²) >= 11 is 0. The minimum atomic E-state index is -5.04. The molecular formula is C5H6BF3NO-. The van der Waals surface area contributed by atoms with Crippen molar-refractivity contribution in [3.8, 4) is 0 Å². The van der Waals surface area contributed by atoms with Crippen LogP contribution in [0.3, 0.4) is 0 Å². The summed E-state index contributed by atoms with van der Waals surface area (Å²) in [6, 6.07) is 0. The lowest BCUT2D eigenvalue weighted by Gasteiger charge is -2.09. The molecule has 0 aliphatic carbocycles. The number of nitrogens with zero attached hydrogens (tertiary/aromatic N) is 1. The van der Waals surface area contributed by atoms with Gasteiger partial charge in [0.05, 0.1) is 5.66 Å². The van der Waals surface area contributed by atoms with Gasteiger partial charge in [-0.05, 0) is 6.92 Å². The molecule has 0 saturated heterocycles. The first kappa shape index (κ1) is 8.16. The molecule has 1 heterocycles. The molecule has 0 unspecified atom stereocenters. The maximum absolute atomic E-state index is 12.0. The Labute approximate surface area is 61.5 Å². The van der Waals surface area contributed by atoms with Crippen molar-refractivity contribution in [3.05, 3.63) is 11.6 Å². The van der Waals surface area contributed by atoms with Gasteiger partial charge in [-0.1, -0.05) is 0 Å². The monoisotopic (exact) mass is 164 g/mol. The lowest BCUT2D eigenvalue weighted by Crippen LogP contribution is -2.34. The second-order valence-electron chi connectivity index (χ2n) is 2.26. The normalized spacial score (nSPS) is 12.1. The van der Waals surface area contributed by atoms with Crippen molar-refractivity contribution < 1.29 is 17.4 Å². The summed E-state index contributed by atoms with van der Waals surface area (Å²) in [6.45, 7) is -2.37. The van der Waals surface area contributed by atoms with Crippen molar-refractivity contribution in [2.45, 2.75) is 13.8 Å². The Hall–Kier alpha value is -0.935. The van der Waals surface area contributed by atoms with E-state index in [4.69, 9.17) is 0 Å². The Morgan fingerprint density at radius 2 is 1.82 bits per heavy atom. The second-order valence-corrected chi connectivity index (χ2v) is 2.26. The van der Waals surface area contributed by atoms with Crippen molar-refractivity contribution >= 4 is 12.6 Å². The van der Waals surface area contributed by atoms with Gasteiger partial charge < -0.3 is 17.4 Å². The molecule has 1 aromatic rings. The molecule has 0 fully saturated rings. The van der Waals surface area contributed by atoms with Crippen molar-refractivity contribution in [1.29, 1.82) is 0 Å². The standard InChI is InChI=1S/C5H6BF3NO/c1-3-5(6(7,8)9)11-4(2)10-3/h1-2H3/q-1. The zero-order chi connectivity index (χ0) is 8.65. The van der Waals surface area contributed by atoms with Crippen LogP contribution < -0.4 is 5.66 Å². The molecule has 62 valence electrons. The van der Waals surface area contributed by atoms with Crippen LogP contribution in [0.2, 0.25) is 0 Å².